The molecule has 0 saturated carbocycles. The van der Waals surface area contributed by atoms with Crippen LogP contribution < -0.4 is 0 Å². The molecule has 1 aliphatic rings. The Morgan fingerprint density at radius 3 is 2.32 bits per heavy atom. The van der Waals surface area contributed by atoms with Crippen LogP contribution in [0.2, 0.25) is 0 Å². The van der Waals surface area contributed by atoms with Gasteiger partial charge in [-0.1, -0.05) is 0 Å². The quantitative estimate of drug-likeness (QED) is 0.806. The summed E-state index contributed by atoms with van der Waals surface area (Å²) < 4.78 is 5.36. The first kappa shape index (κ1) is 16.2. The first-order chi connectivity index (χ1) is 8.48. The second-order valence-corrected chi connectivity index (χ2v) is 7.03. The van der Waals surface area contributed by atoms with Gasteiger partial charge in [-0.3, -0.25) is 0 Å². The SMILES string of the molecule is CC(C)(O)CC1CCC(O)CN1C(=O)OC(C)(C)C. The molecule has 0 radical (unpaired) electrons. The van der Waals surface area contributed by atoms with Gasteiger partial charge in [0.05, 0.1) is 18.2 Å². The van der Waals surface area contributed by atoms with Gasteiger partial charge in [0.2, 0.25) is 0 Å². The molecule has 0 bridgehead atoms. The van der Waals surface area contributed by atoms with Gasteiger partial charge >= 0.3 is 6.09 Å². The summed E-state index contributed by atoms with van der Waals surface area (Å²) >= 11 is 0. The first-order valence-corrected chi connectivity index (χ1v) is 6.88. The molecule has 1 saturated heterocycles. The number of β-amino-alcohol motifs (C(OH)–C–C–N with tert-alkyl or cyclic N) is 1. The fourth-order valence-electron chi connectivity index (χ4n) is 2.34. The van der Waals surface area contributed by atoms with Gasteiger partial charge in [-0.2, -0.15) is 0 Å². The number of aliphatic hydroxyl groups is 2. The van der Waals surface area contributed by atoms with Crippen molar-refractivity contribution in [3.63, 3.8) is 0 Å². The van der Waals surface area contributed by atoms with Crippen molar-refractivity contribution < 1.29 is 19.7 Å². The number of hydrogen-bond donors (Lipinski definition) is 2. The third-order valence-corrected chi connectivity index (χ3v) is 3.04. The largest absolute Gasteiger partial charge is 0.444 e. The lowest BCUT2D eigenvalue weighted by Gasteiger charge is -2.40. The maximum atomic E-state index is 12.2. The van der Waals surface area contributed by atoms with Crippen molar-refractivity contribution in [3.05, 3.63) is 0 Å². The minimum Gasteiger partial charge on any atom is -0.444 e. The predicted molar refractivity (Wildman–Crippen MR) is 72.9 cm³/mol. The highest BCUT2D eigenvalue weighted by Crippen LogP contribution is 2.26. The Balaban J connectivity index is 2.75. The Labute approximate surface area is 115 Å². The van der Waals surface area contributed by atoms with Crippen molar-refractivity contribution >= 4 is 6.09 Å². The van der Waals surface area contributed by atoms with Crippen LogP contribution in [0.25, 0.3) is 0 Å². The number of amides is 1. The Kier molecular flexibility index (Phi) is 4.85. The van der Waals surface area contributed by atoms with Crippen LogP contribution in [0.1, 0.15) is 53.9 Å². The number of rotatable bonds is 2. The Hall–Kier alpha value is -0.810. The Morgan fingerprint density at radius 2 is 1.84 bits per heavy atom. The van der Waals surface area contributed by atoms with Crippen LogP contribution in [-0.2, 0) is 4.74 Å². The van der Waals surface area contributed by atoms with E-state index in [0.29, 0.717) is 19.3 Å². The fourth-order valence-corrected chi connectivity index (χ4v) is 2.34. The van der Waals surface area contributed by atoms with E-state index in [1.165, 1.54) is 0 Å². The number of nitrogens with zero attached hydrogens (tertiary/aromatic N) is 1. The van der Waals surface area contributed by atoms with Gasteiger partial charge in [0.1, 0.15) is 5.60 Å². The number of carbonyl (C=O) groups is 1. The van der Waals surface area contributed by atoms with E-state index in [1.807, 2.05) is 20.8 Å². The topological polar surface area (TPSA) is 70.0 Å². The Morgan fingerprint density at radius 1 is 1.26 bits per heavy atom. The summed E-state index contributed by atoms with van der Waals surface area (Å²) in [6.45, 7) is 9.18. The summed E-state index contributed by atoms with van der Waals surface area (Å²) in [4.78, 5) is 13.7. The lowest BCUT2D eigenvalue weighted by molar-refractivity contribution is -0.0320. The van der Waals surface area contributed by atoms with Crippen molar-refractivity contribution in [2.45, 2.75) is 77.2 Å². The molecule has 5 nitrogen and oxygen atoms in total. The third-order valence-electron chi connectivity index (χ3n) is 3.04. The third kappa shape index (κ3) is 5.78. The van der Waals surface area contributed by atoms with Gasteiger partial charge in [0.25, 0.3) is 0 Å². The highest BCUT2D eigenvalue weighted by Gasteiger charge is 2.36. The van der Waals surface area contributed by atoms with Crippen molar-refractivity contribution in [2.75, 3.05) is 6.54 Å². The molecule has 1 aliphatic heterocycles. The van der Waals surface area contributed by atoms with Crippen molar-refractivity contribution in [3.8, 4) is 0 Å². The molecular formula is C14H27NO4. The van der Waals surface area contributed by atoms with Crippen LogP contribution in [0, 0.1) is 0 Å². The lowest BCUT2D eigenvalue weighted by atomic mass is 9.91. The molecule has 0 aromatic heterocycles. The fraction of sp³-hybridized carbons (Fsp3) is 0.929. The predicted octanol–water partition coefficient (Wildman–Crippen LogP) is 1.91. The summed E-state index contributed by atoms with van der Waals surface area (Å²) in [5.74, 6) is 0. The summed E-state index contributed by atoms with van der Waals surface area (Å²) in [6, 6.07) is -0.0850. The monoisotopic (exact) mass is 273 g/mol. The molecule has 1 fully saturated rings. The molecule has 1 amide bonds. The van der Waals surface area contributed by atoms with E-state index in [4.69, 9.17) is 4.74 Å². The standard InChI is InChI=1S/C14H27NO4/c1-13(2,3)19-12(17)15-9-11(16)7-6-10(15)8-14(4,5)18/h10-11,16,18H,6-9H2,1-5H3. The maximum Gasteiger partial charge on any atom is 0.410 e. The lowest BCUT2D eigenvalue weighted by Crippen LogP contribution is -2.52. The van der Waals surface area contributed by atoms with Crippen molar-refractivity contribution in [1.82, 2.24) is 4.90 Å². The first-order valence-electron chi connectivity index (χ1n) is 6.88. The maximum absolute atomic E-state index is 12.2. The molecule has 0 aromatic rings. The second kappa shape index (κ2) is 5.67. The Bertz CT molecular complexity index is 316. The van der Waals surface area contributed by atoms with Gasteiger partial charge in [-0.15, -0.1) is 0 Å². The number of hydrogen-bond acceptors (Lipinski definition) is 4. The molecule has 2 N–H and O–H groups in total. The van der Waals surface area contributed by atoms with E-state index in [2.05, 4.69) is 0 Å². The highest BCUT2D eigenvalue weighted by atomic mass is 16.6. The minimum absolute atomic E-state index is 0.0850. The number of carbonyl (C=O) groups excluding carboxylic acids is 1. The van der Waals surface area contributed by atoms with Crippen LogP contribution in [0.15, 0.2) is 0 Å². The van der Waals surface area contributed by atoms with Crippen LogP contribution >= 0.6 is 0 Å². The zero-order chi connectivity index (χ0) is 14.8. The summed E-state index contributed by atoms with van der Waals surface area (Å²) in [7, 11) is 0. The highest BCUT2D eigenvalue weighted by molar-refractivity contribution is 5.68. The van der Waals surface area contributed by atoms with Crippen LogP contribution in [-0.4, -0.2) is 51.1 Å². The molecule has 2 unspecified atom stereocenters. The van der Waals surface area contributed by atoms with Crippen LogP contribution in [0.4, 0.5) is 4.79 Å². The molecular weight excluding hydrogens is 246 g/mol. The number of piperidine rings is 1. The summed E-state index contributed by atoms with van der Waals surface area (Å²) in [5.41, 5.74) is -1.40. The van der Waals surface area contributed by atoms with E-state index in [0.717, 1.165) is 0 Å². The molecule has 1 heterocycles. The van der Waals surface area contributed by atoms with Gasteiger partial charge < -0.3 is 19.8 Å². The van der Waals surface area contributed by atoms with Crippen LogP contribution in [0.5, 0.6) is 0 Å². The van der Waals surface area contributed by atoms with Gasteiger partial charge in [0, 0.05) is 6.04 Å². The van der Waals surface area contributed by atoms with E-state index in [1.54, 1.807) is 18.7 Å². The van der Waals surface area contributed by atoms with Gasteiger partial charge in [0.15, 0.2) is 0 Å². The summed E-state index contributed by atoms with van der Waals surface area (Å²) in [5, 5.41) is 19.7. The molecule has 5 heteroatoms. The second-order valence-electron chi connectivity index (χ2n) is 7.03. The summed E-state index contributed by atoms with van der Waals surface area (Å²) in [6.07, 6.45) is 0.898. The number of aliphatic hydroxyl groups excluding tert-OH is 1. The van der Waals surface area contributed by atoms with E-state index >= 15 is 0 Å². The molecule has 0 spiro atoms. The van der Waals surface area contributed by atoms with Crippen molar-refractivity contribution in [1.29, 1.82) is 0 Å². The molecule has 2 atom stereocenters. The number of ether oxygens (including phenoxy) is 1. The molecule has 19 heavy (non-hydrogen) atoms. The minimum atomic E-state index is -0.840. The molecule has 0 aliphatic carbocycles. The average molecular weight is 273 g/mol. The van der Waals surface area contributed by atoms with Crippen LogP contribution in [0.3, 0.4) is 0 Å². The normalized spacial score (nSPS) is 25.3. The van der Waals surface area contributed by atoms with E-state index in [9.17, 15) is 15.0 Å². The number of likely N-dealkylation sites (tertiary alicyclic amines) is 1. The van der Waals surface area contributed by atoms with Gasteiger partial charge in [-0.25, -0.2) is 4.79 Å². The zero-order valence-corrected chi connectivity index (χ0v) is 12.6. The average Bonchev–Trinajstić information content (AvgIpc) is 2.16. The molecule has 0 aromatic carbocycles. The van der Waals surface area contributed by atoms with Crippen molar-refractivity contribution in [2.24, 2.45) is 0 Å². The van der Waals surface area contributed by atoms with E-state index in [-0.39, 0.29) is 12.6 Å². The van der Waals surface area contributed by atoms with E-state index < -0.39 is 23.4 Å². The zero-order valence-electron chi connectivity index (χ0n) is 12.6. The van der Waals surface area contributed by atoms with Gasteiger partial charge in [-0.05, 0) is 53.9 Å². The smallest absolute Gasteiger partial charge is 0.410 e. The molecule has 112 valence electrons. The molecule has 1 rings (SSSR count).